The molecule has 0 aliphatic carbocycles. The Kier molecular flexibility index (Phi) is 6.45. The molecule has 2 aliphatic heterocycles. The second-order valence-corrected chi connectivity index (χ2v) is 9.31. The number of anilines is 2. The van der Waals surface area contributed by atoms with E-state index in [0.29, 0.717) is 0 Å². The van der Waals surface area contributed by atoms with Crippen molar-refractivity contribution in [2.75, 3.05) is 49.2 Å². The second kappa shape index (κ2) is 9.82. The van der Waals surface area contributed by atoms with E-state index >= 15 is 0 Å². The third-order valence-electron chi connectivity index (χ3n) is 6.67. The van der Waals surface area contributed by atoms with Gasteiger partial charge in [-0.05, 0) is 37.0 Å². The monoisotopic (exact) mass is 457 g/mol. The van der Waals surface area contributed by atoms with E-state index in [1.54, 1.807) is 0 Å². The van der Waals surface area contributed by atoms with Crippen molar-refractivity contribution in [2.24, 2.45) is 5.92 Å². The van der Waals surface area contributed by atoms with Crippen molar-refractivity contribution in [3.8, 4) is 22.9 Å². The molecular weight excluding hydrogens is 426 g/mol. The molecule has 1 aromatic carbocycles. The fraction of sp³-hybridized carbons (Fsp3) is 0.462. The number of rotatable bonds is 5. The molecule has 0 N–H and O–H groups in total. The first-order valence-electron chi connectivity index (χ1n) is 12.1. The van der Waals surface area contributed by atoms with Gasteiger partial charge in [0.1, 0.15) is 0 Å². The number of aromatic nitrogens is 4. The fourth-order valence-electron chi connectivity index (χ4n) is 4.65. The molecule has 0 spiro atoms. The number of morpholine rings is 1. The molecule has 2 aromatic heterocycles. The molecule has 0 unspecified atom stereocenters. The molecule has 0 saturated carbocycles. The quantitative estimate of drug-likeness (QED) is 0.572. The average molecular weight is 458 g/mol. The van der Waals surface area contributed by atoms with E-state index in [2.05, 4.69) is 70.1 Å². The Morgan fingerprint density at radius 3 is 2.38 bits per heavy atom. The van der Waals surface area contributed by atoms with Crippen LogP contribution in [0.1, 0.15) is 38.3 Å². The number of benzene rings is 1. The zero-order valence-electron chi connectivity index (χ0n) is 19.9. The maximum Gasteiger partial charge on any atom is 0.225 e. The van der Waals surface area contributed by atoms with Crippen LogP contribution in [0.25, 0.3) is 16.8 Å². The zero-order chi connectivity index (χ0) is 23.5. The first-order chi connectivity index (χ1) is 16.6. The van der Waals surface area contributed by atoms with Gasteiger partial charge in [-0.1, -0.05) is 19.9 Å². The topological polar surface area (TPSA) is 83.1 Å². The Morgan fingerprint density at radius 1 is 1.00 bits per heavy atom. The van der Waals surface area contributed by atoms with Gasteiger partial charge < -0.3 is 14.5 Å². The Labute approximate surface area is 200 Å². The minimum Gasteiger partial charge on any atom is -0.378 e. The molecule has 8 nitrogen and oxygen atoms in total. The molecule has 0 atom stereocenters. The van der Waals surface area contributed by atoms with Crippen molar-refractivity contribution in [2.45, 2.75) is 32.6 Å². The maximum absolute atomic E-state index is 9.13. The van der Waals surface area contributed by atoms with Crippen LogP contribution in [-0.4, -0.2) is 59.1 Å². The van der Waals surface area contributed by atoms with Crippen LogP contribution in [0.15, 0.2) is 42.9 Å². The molecule has 0 bridgehead atoms. The van der Waals surface area contributed by atoms with Crippen LogP contribution in [0.3, 0.4) is 0 Å². The highest BCUT2D eigenvalue weighted by Crippen LogP contribution is 2.30. The Balaban J connectivity index is 1.40. The number of hydrogen-bond acceptors (Lipinski definition) is 7. The van der Waals surface area contributed by atoms with Crippen LogP contribution < -0.4 is 9.80 Å². The van der Waals surface area contributed by atoms with Gasteiger partial charge in [0.2, 0.25) is 5.95 Å². The summed E-state index contributed by atoms with van der Waals surface area (Å²) < 4.78 is 7.47. The van der Waals surface area contributed by atoms with E-state index in [1.165, 1.54) is 5.69 Å². The van der Waals surface area contributed by atoms with Gasteiger partial charge >= 0.3 is 0 Å². The summed E-state index contributed by atoms with van der Waals surface area (Å²) in [4.78, 5) is 13.8. The number of nitrogens with zero attached hydrogens (tertiary/aromatic N) is 7. The molecule has 3 aromatic rings. The third-order valence-corrected chi connectivity index (χ3v) is 6.67. The highest BCUT2D eigenvalue weighted by atomic mass is 16.5. The van der Waals surface area contributed by atoms with E-state index in [-0.39, 0.29) is 11.8 Å². The van der Waals surface area contributed by atoms with Gasteiger partial charge in [0.15, 0.2) is 0 Å². The van der Waals surface area contributed by atoms with E-state index in [9.17, 15) is 0 Å². The largest absolute Gasteiger partial charge is 0.378 e. The van der Waals surface area contributed by atoms with Crippen molar-refractivity contribution in [3.05, 3.63) is 48.5 Å². The van der Waals surface area contributed by atoms with Gasteiger partial charge in [0.25, 0.3) is 0 Å². The van der Waals surface area contributed by atoms with Crippen LogP contribution in [0.5, 0.6) is 0 Å². The molecule has 2 fully saturated rings. The van der Waals surface area contributed by atoms with Crippen molar-refractivity contribution < 1.29 is 4.74 Å². The molecule has 2 aliphatic rings. The average Bonchev–Trinajstić information content (AvgIpc) is 3.36. The van der Waals surface area contributed by atoms with E-state index in [1.807, 2.05) is 17.1 Å². The molecule has 0 radical (unpaired) electrons. The van der Waals surface area contributed by atoms with E-state index < -0.39 is 0 Å². The lowest BCUT2D eigenvalue weighted by molar-refractivity contribution is 0.122. The van der Waals surface area contributed by atoms with Crippen LogP contribution in [0.4, 0.5) is 11.6 Å². The highest BCUT2D eigenvalue weighted by molar-refractivity contribution is 5.66. The van der Waals surface area contributed by atoms with Gasteiger partial charge in [-0.15, -0.1) is 0 Å². The smallest absolute Gasteiger partial charge is 0.225 e. The van der Waals surface area contributed by atoms with E-state index in [0.717, 1.165) is 80.7 Å². The van der Waals surface area contributed by atoms with Gasteiger partial charge in [0.05, 0.1) is 30.7 Å². The van der Waals surface area contributed by atoms with Crippen molar-refractivity contribution in [1.29, 1.82) is 5.26 Å². The predicted octanol–water partition coefficient (Wildman–Crippen LogP) is 4.03. The summed E-state index contributed by atoms with van der Waals surface area (Å²) in [5.74, 6) is 1.15. The molecule has 2 saturated heterocycles. The lowest BCUT2D eigenvalue weighted by Crippen LogP contribution is -2.36. The molecule has 5 rings (SSSR count). The summed E-state index contributed by atoms with van der Waals surface area (Å²) in [5, 5.41) is 14.1. The summed E-state index contributed by atoms with van der Waals surface area (Å²) in [6, 6.07) is 10.9. The SMILES string of the molecule is CC(C)c1nn(-c2cccc(N3CCOCC3)c2)cc1-c1cnc(N2CCC(C#N)CC2)nc1. The Bertz CT molecular complexity index is 1150. The van der Waals surface area contributed by atoms with Gasteiger partial charge in [-0.25, -0.2) is 14.6 Å². The second-order valence-electron chi connectivity index (χ2n) is 9.31. The summed E-state index contributed by atoms with van der Waals surface area (Å²) >= 11 is 0. The predicted molar refractivity (Wildman–Crippen MR) is 132 cm³/mol. The third kappa shape index (κ3) is 4.62. The Hall–Kier alpha value is -3.44. The van der Waals surface area contributed by atoms with Gasteiger partial charge in [-0.3, -0.25) is 0 Å². The van der Waals surface area contributed by atoms with Gasteiger partial charge in [-0.2, -0.15) is 10.4 Å². The van der Waals surface area contributed by atoms with Crippen LogP contribution in [0.2, 0.25) is 0 Å². The van der Waals surface area contributed by atoms with Crippen LogP contribution >= 0.6 is 0 Å². The van der Waals surface area contributed by atoms with Crippen molar-refractivity contribution in [1.82, 2.24) is 19.7 Å². The maximum atomic E-state index is 9.13. The molecule has 34 heavy (non-hydrogen) atoms. The van der Waals surface area contributed by atoms with Crippen molar-refractivity contribution in [3.63, 3.8) is 0 Å². The standard InChI is InChI=1S/C26H31N7O/c1-19(2)25-24(21-16-28-26(29-17-21)32-8-6-20(15-27)7-9-32)18-33(30-25)23-5-3-4-22(14-23)31-10-12-34-13-11-31/h3-5,14,16-20H,6-13H2,1-2H3. The minimum absolute atomic E-state index is 0.150. The lowest BCUT2D eigenvalue weighted by Gasteiger charge is -2.29. The fourth-order valence-corrected chi connectivity index (χ4v) is 4.65. The normalized spacial score (nSPS) is 17.2. The number of hydrogen-bond donors (Lipinski definition) is 0. The molecule has 4 heterocycles. The molecule has 176 valence electrons. The summed E-state index contributed by atoms with van der Waals surface area (Å²) in [5.41, 5.74) is 5.28. The minimum atomic E-state index is 0.150. The van der Waals surface area contributed by atoms with Crippen molar-refractivity contribution >= 4 is 11.6 Å². The first-order valence-corrected chi connectivity index (χ1v) is 12.1. The highest BCUT2D eigenvalue weighted by Gasteiger charge is 2.21. The number of nitriles is 1. The first kappa shape index (κ1) is 22.4. The lowest BCUT2D eigenvalue weighted by atomic mass is 9.99. The molecule has 0 amide bonds. The summed E-state index contributed by atoms with van der Waals surface area (Å²) in [7, 11) is 0. The number of ether oxygens (including phenoxy) is 1. The Morgan fingerprint density at radius 2 is 1.71 bits per heavy atom. The van der Waals surface area contributed by atoms with E-state index in [4.69, 9.17) is 15.1 Å². The van der Waals surface area contributed by atoms with Crippen LogP contribution in [0, 0.1) is 17.2 Å². The van der Waals surface area contributed by atoms with Crippen LogP contribution in [-0.2, 0) is 4.74 Å². The zero-order valence-corrected chi connectivity index (χ0v) is 19.9. The van der Waals surface area contributed by atoms with Gasteiger partial charge in [0, 0.05) is 67.5 Å². The summed E-state index contributed by atoms with van der Waals surface area (Å²) in [6.45, 7) is 9.31. The molecular formula is C26H31N7O. The molecule has 8 heteroatoms. The number of piperidine rings is 1. The summed E-state index contributed by atoms with van der Waals surface area (Å²) in [6.07, 6.45) is 7.63.